The van der Waals surface area contributed by atoms with E-state index in [0.717, 1.165) is 13.0 Å². The lowest BCUT2D eigenvalue weighted by atomic mass is 10.00. The summed E-state index contributed by atoms with van der Waals surface area (Å²) in [6, 6.07) is 20.3. The lowest BCUT2D eigenvalue weighted by Crippen LogP contribution is -2.44. The Balaban J connectivity index is 1.49. The second-order valence-corrected chi connectivity index (χ2v) is 7.00. The van der Waals surface area contributed by atoms with Crippen molar-refractivity contribution < 1.29 is 0 Å². The average Bonchev–Trinajstić information content (AvgIpc) is 2.70. The Hall–Kier alpha value is -2.23. The van der Waals surface area contributed by atoms with E-state index in [4.69, 9.17) is 0 Å². The maximum absolute atomic E-state index is 4.18. The van der Waals surface area contributed by atoms with Crippen LogP contribution in [0.15, 0.2) is 67.0 Å². The van der Waals surface area contributed by atoms with Crippen molar-refractivity contribution >= 4 is 10.8 Å². The largest absolute Gasteiger partial charge is 0.315 e. The van der Waals surface area contributed by atoms with Gasteiger partial charge >= 0.3 is 0 Å². The van der Waals surface area contributed by atoms with Crippen molar-refractivity contribution in [2.75, 3.05) is 7.05 Å². The molecule has 0 amide bonds. The van der Waals surface area contributed by atoms with E-state index < -0.39 is 0 Å². The molecule has 0 bridgehead atoms. The van der Waals surface area contributed by atoms with Gasteiger partial charge in [0.1, 0.15) is 0 Å². The third kappa shape index (κ3) is 5.13. The van der Waals surface area contributed by atoms with E-state index in [1.54, 1.807) is 0 Å². The van der Waals surface area contributed by atoms with E-state index in [0.29, 0.717) is 12.1 Å². The van der Waals surface area contributed by atoms with Gasteiger partial charge in [-0.05, 0) is 61.9 Å². The van der Waals surface area contributed by atoms with Crippen LogP contribution in [0.4, 0.5) is 0 Å². The standard InChI is InChI=1S/C23H29N3/c1-18(23(24-2)10-6-9-19-7-4-3-5-8-19)26-16-20-11-12-22-17-25-14-13-21(22)15-20/h3-5,7-8,11-15,17-18,23-24,26H,6,9-10,16H2,1-2H3/t18-,23?/m1/s1. The van der Waals surface area contributed by atoms with Gasteiger partial charge in [-0.3, -0.25) is 4.98 Å². The van der Waals surface area contributed by atoms with Crippen LogP contribution in [0.25, 0.3) is 10.8 Å². The lowest BCUT2D eigenvalue weighted by molar-refractivity contribution is 0.381. The maximum atomic E-state index is 4.18. The Labute approximate surface area is 156 Å². The number of nitrogens with zero attached hydrogens (tertiary/aromatic N) is 1. The van der Waals surface area contributed by atoms with Crippen molar-refractivity contribution in [3.8, 4) is 0 Å². The Morgan fingerprint density at radius 1 is 0.962 bits per heavy atom. The second-order valence-electron chi connectivity index (χ2n) is 7.00. The first-order valence-electron chi connectivity index (χ1n) is 9.53. The summed E-state index contributed by atoms with van der Waals surface area (Å²) in [5.41, 5.74) is 2.74. The number of aryl methyl sites for hydroxylation is 1. The summed E-state index contributed by atoms with van der Waals surface area (Å²) >= 11 is 0. The van der Waals surface area contributed by atoms with Crippen LogP contribution >= 0.6 is 0 Å². The van der Waals surface area contributed by atoms with Crippen molar-refractivity contribution in [2.24, 2.45) is 0 Å². The molecule has 0 aliphatic heterocycles. The molecule has 1 heterocycles. The number of pyridine rings is 1. The van der Waals surface area contributed by atoms with Gasteiger partial charge in [0.2, 0.25) is 0 Å². The van der Waals surface area contributed by atoms with Crippen molar-refractivity contribution in [3.63, 3.8) is 0 Å². The summed E-state index contributed by atoms with van der Waals surface area (Å²) in [5.74, 6) is 0. The zero-order chi connectivity index (χ0) is 18.2. The first-order valence-corrected chi connectivity index (χ1v) is 9.53. The predicted octanol–water partition coefficient (Wildman–Crippen LogP) is 4.32. The summed E-state index contributed by atoms with van der Waals surface area (Å²) in [5, 5.41) is 9.61. The smallest absolute Gasteiger partial charge is 0.0346 e. The molecule has 26 heavy (non-hydrogen) atoms. The highest BCUT2D eigenvalue weighted by atomic mass is 15.0. The molecule has 3 aromatic rings. The Morgan fingerprint density at radius 2 is 1.81 bits per heavy atom. The van der Waals surface area contributed by atoms with Gasteiger partial charge in [-0.25, -0.2) is 0 Å². The van der Waals surface area contributed by atoms with Crippen LogP contribution in [0.5, 0.6) is 0 Å². The summed E-state index contributed by atoms with van der Waals surface area (Å²) in [6.07, 6.45) is 7.28. The van der Waals surface area contributed by atoms with E-state index in [2.05, 4.69) is 84.2 Å². The van der Waals surface area contributed by atoms with Crippen molar-refractivity contribution in [3.05, 3.63) is 78.1 Å². The maximum Gasteiger partial charge on any atom is 0.0346 e. The molecule has 1 aromatic heterocycles. The first-order chi connectivity index (χ1) is 12.8. The number of hydrogen-bond donors (Lipinski definition) is 2. The van der Waals surface area contributed by atoms with Gasteiger partial charge in [0.25, 0.3) is 0 Å². The molecule has 1 unspecified atom stereocenters. The molecule has 0 aliphatic rings. The minimum Gasteiger partial charge on any atom is -0.315 e. The minimum absolute atomic E-state index is 0.420. The fraction of sp³-hybridized carbons (Fsp3) is 0.348. The summed E-state index contributed by atoms with van der Waals surface area (Å²) in [4.78, 5) is 4.18. The molecule has 2 atom stereocenters. The fourth-order valence-corrected chi connectivity index (χ4v) is 3.48. The van der Waals surface area contributed by atoms with Crippen LogP contribution in [0.3, 0.4) is 0 Å². The molecular formula is C23H29N3. The van der Waals surface area contributed by atoms with Crippen molar-refractivity contribution in [2.45, 2.75) is 44.8 Å². The average molecular weight is 348 g/mol. The second kappa shape index (κ2) is 9.46. The van der Waals surface area contributed by atoms with Gasteiger partial charge in [0.05, 0.1) is 0 Å². The highest BCUT2D eigenvalue weighted by molar-refractivity contribution is 5.81. The fourth-order valence-electron chi connectivity index (χ4n) is 3.48. The number of aromatic nitrogens is 1. The molecule has 3 nitrogen and oxygen atoms in total. The number of likely N-dealkylation sites (N-methyl/N-ethyl adjacent to an activating group) is 1. The molecular weight excluding hydrogens is 318 g/mol. The molecule has 2 N–H and O–H groups in total. The first kappa shape index (κ1) is 18.6. The van der Waals surface area contributed by atoms with Crippen LogP contribution < -0.4 is 10.6 Å². The molecule has 2 aromatic carbocycles. The highest BCUT2D eigenvalue weighted by Crippen LogP contribution is 2.15. The summed E-state index contributed by atoms with van der Waals surface area (Å²) in [7, 11) is 2.06. The van der Waals surface area contributed by atoms with Crippen LogP contribution in [0, 0.1) is 0 Å². The van der Waals surface area contributed by atoms with E-state index in [1.165, 1.54) is 34.7 Å². The number of nitrogens with one attached hydrogen (secondary N) is 2. The Bertz CT molecular complexity index is 801. The number of hydrogen-bond acceptors (Lipinski definition) is 3. The monoisotopic (exact) mass is 347 g/mol. The van der Waals surface area contributed by atoms with Gasteiger partial charge in [-0.15, -0.1) is 0 Å². The number of rotatable bonds is 9. The molecule has 3 rings (SSSR count). The summed E-state index contributed by atoms with van der Waals surface area (Å²) < 4.78 is 0. The zero-order valence-electron chi connectivity index (χ0n) is 15.8. The molecule has 0 aliphatic carbocycles. The molecule has 136 valence electrons. The van der Waals surface area contributed by atoms with E-state index in [9.17, 15) is 0 Å². The Kier molecular flexibility index (Phi) is 6.75. The van der Waals surface area contributed by atoms with Gasteiger partial charge in [0.15, 0.2) is 0 Å². The van der Waals surface area contributed by atoms with Crippen molar-refractivity contribution in [1.82, 2.24) is 15.6 Å². The minimum atomic E-state index is 0.420. The van der Waals surface area contributed by atoms with Crippen LogP contribution in [0.1, 0.15) is 30.9 Å². The number of benzene rings is 2. The van der Waals surface area contributed by atoms with Crippen molar-refractivity contribution in [1.29, 1.82) is 0 Å². The SMILES string of the molecule is CNC(CCCc1ccccc1)[C@@H](C)NCc1ccc2cnccc2c1. The summed E-state index contributed by atoms with van der Waals surface area (Å²) in [6.45, 7) is 3.16. The molecule has 0 saturated carbocycles. The topological polar surface area (TPSA) is 37.0 Å². The molecule has 0 saturated heterocycles. The van der Waals surface area contributed by atoms with Crippen LogP contribution in [-0.2, 0) is 13.0 Å². The molecule has 3 heteroatoms. The highest BCUT2D eigenvalue weighted by Gasteiger charge is 2.14. The van der Waals surface area contributed by atoms with Gasteiger partial charge < -0.3 is 10.6 Å². The quantitative estimate of drug-likeness (QED) is 0.605. The van der Waals surface area contributed by atoms with E-state index in [1.807, 2.05) is 12.4 Å². The molecule has 0 radical (unpaired) electrons. The molecule has 0 fully saturated rings. The van der Waals surface area contributed by atoms with E-state index in [-0.39, 0.29) is 0 Å². The van der Waals surface area contributed by atoms with Gasteiger partial charge in [-0.1, -0.05) is 42.5 Å². The van der Waals surface area contributed by atoms with E-state index >= 15 is 0 Å². The lowest BCUT2D eigenvalue weighted by Gasteiger charge is -2.25. The van der Waals surface area contributed by atoms with Crippen LogP contribution in [-0.4, -0.2) is 24.1 Å². The predicted molar refractivity (Wildman–Crippen MR) is 110 cm³/mol. The van der Waals surface area contributed by atoms with Crippen LogP contribution in [0.2, 0.25) is 0 Å². The number of fused-ring (bicyclic) bond motifs is 1. The Morgan fingerprint density at radius 3 is 2.62 bits per heavy atom. The van der Waals surface area contributed by atoms with Gasteiger partial charge in [-0.2, -0.15) is 0 Å². The van der Waals surface area contributed by atoms with Gasteiger partial charge in [0, 0.05) is 36.4 Å². The zero-order valence-corrected chi connectivity index (χ0v) is 15.8. The normalized spacial score (nSPS) is 13.6. The third-order valence-corrected chi connectivity index (χ3v) is 5.13. The molecule has 0 spiro atoms. The third-order valence-electron chi connectivity index (χ3n) is 5.13.